The quantitative estimate of drug-likeness (QED) is 0.504. The van der Waals surface area contributed by atoms with E-state index in [0.29, 0.717) is 24.5 Å². The molecular formula is C22H24ClN3O3S. The van der Waals surface area contributed by atoms with Crippen LogP contribution < -0.4 is 9.64 Å². The number of piperazine rings is 1. The van der Waals surface area contributed by atoms with Crippen LogP contribution >= 0.6 is 22.9 Å². The van der Waals surface area contributed by atoms with Crippen LogP contribution in [0.5, 0.6) is 5.75 Å². The summed E-state index contributed by atoms with van der Waals surface area (Å²) in [5.41, 5.74) is 1.51. The molecule has 6 nitrogen and oxygen atoms in total. The highest BCUT2D eigenvalue weighted by Crippen LogP contribution is 2.31. The third-order valence-electron chi connectivity index (χ3n) is 5.00. The van der Waals surface area contributed by atoms with Crippen molar-refractivity contribution >= 4 is 44.3 Å². The molecule has 2 heterocycles. The van der Waals surface area contributed by atoms with Crippen LogP contribution in [0.15, 0.2) is 42.5 Å². The number of carbonyl (C=O) groups is 1. The Hall–Kier alpha value is -2.35. The summed E-state index contributed by atoms with van der Waals surface area (Å²) in [5, 5.41) is 1.80. The Labute approximate surface area is 185 Å². The summed E-state index contributed by atoms with van der Waals surface area (Å²) in [5.74, 6) is 0.364. The average Bonchev–Trinajstić information content (AvgIpc) is 3.18. The molecule has 158 valence electrons. The number of thiazole rings is 1. The van der Waals surface area contributed by atoms with Gasteiger partial charge in [0.25, 0.3) is 0 Å². The fourth-order valence-electron chi connectivity index (χ4n) is 3.40. The van der Waals surface area contributed by atoms with Crippen molar-refractivity contribution in [3.63, 3.8) is 0 Å². The molecule has 30 heavy (non-hydrogen) atoms. The summed E-state index contributed by atoms with van der Waals surface area (Å²) in [4.78, 5) is 21.3. The van der Waals surface area contributed by atoms with E-state index in [1.165, 1.54) is 0 Å². The first kappa shape index (κ1) is 20.9. The van der Waals surface area contributed by atoms with Crippen molar-refractivity contribution in [1.82, 2.24) is 9.88 Å². The van der Waals surface area contributed by atoms with Gasteiger partial charge in [-0.05, 0) is 43.3 Å². The van der Waals surface area contributed by atoms with E-state index in [0.717, 1.165) is 53.1 Å². The van der Waals surface area contributed by atoms with Gasteiger partial charge in [0.05, 0.1) is 22.4 Å². The zero-order valence-corrected chi connectivity index (χ0v) is 18.4. The van der Waals surface area contributed by atoms with Crippen LogP contribution in [0.2, 0.25) is 5.02 Å². The second-order valence-corrected chi connectivity index (χ2v) is 8.48. The lowest BCUT2D eigenvalue weighted by atomic mass is 10.2. The largest absolute Gasteiger partial charge is 0.492 e. The second-order valence-electron chi connectivity index (χ2n) is 7.03. The van der Waals surface area contributed by atoms with Crippen LogP contribution in [-0.4, -0.2) is 61.8 Å². The van der Waals surface area contributed by atoms with Gasteiger partial charge in [-0.3, -0.25) is 4.90 Å². The summed E-state index contributed by atoms with van der Waals surface area (Å²) in [6.45, 7) is 7.37. The molecule has 1 aliphatic heterocycles. The van der Waals surface area contributed by atoms with Crippen LogP contribution in [0.4, 0.5) is 5.13 Å². The third kappa shape index (κ3) is 5.03. The van der Waals surface area contributed by atoms with Crippen LogP contribution in [0.3, 0.4) is 0 Å². The van der Waals surface area contributed by atoms with E-state index in [1.54, 1.807) is 30.4 Å². The minimum Gasteiger partial charge on any atom is -0.492 e. The van der Waals surface area contributed by atoms with E-state index >= 15 is 0 Å². The van der Waals surface area contributed by atoms with Crippen LogP contribution in [0.1, 0.15) is 17.3 Å². The lowest BCUT2D eigenvalue weighted by Crippen LogP contribution is -2.47. The van der Waals surface area contributed by atoms with E-state index < -0.39 is 0 Å². The fraction of sp³-hybridized carbons (Fsp3) is 0.364. The average molecular weight is 446 g/mol. The number of nitrogens with zero attached hydrogens (tertiary/aromatic N) is 3. The van der Waals surface area contributed by atoms with Crippen LogP contribution in [0, 0.1) is 0 Å². The highest BCUT2D eigenvalue weighted by Gasteiger charge is 2.20. The summed E-state index contributed by atoms with van der Waals surface area (Å²) in [7, 11) is 0. The topological polar surface area (TPSA) is 54.9 Å². The van der Waals surface area contributed by atoms with Gasteiger partial charge < -0.3 is 14.4 Å². The molecule has 0 amide bonds. The Morgan fingerprint density at radius 1 is 1.17 bits per heavy atom. The molecule has 4 rings (SSSR count). The summed E-state index contributed by atoms with van der Waals surface area (Å²) >= 11 is 7.78. The Kier molecular flexibility index (Phi) is 6.72. The maximum Gasteiger partial charge on any atom is 0.338 e. The number of carbonyl (C=O) groups excluding carboxylic acids is 1. The molecule has 1 saturated heterocycles. The van der Waals surface area contributed by atoms with Gasteiger partial charge in [0.15, 0.2) is 5.13 Å². The molecule has 1 fully saturated rings. The number of esters is 1. The predicted octanol–water partition coefficient (Wildman–Crippen LogP) is 4.33. The molecule has 1 aliphatic rings. The van der Waals surface area contributed by atoms with Gasteiger partial charge in [-0.15, -0.1) is 0 Å². The van der Waals surface area contributed by atoms with Gasteiger partial charge in [0.1, 0.15) is 12.4 Å². The first-order chi connectivity index (χ1) is 14.6. The number of hydrogen-bond donors (Lipinski definition) is 0. The molecular weight excluding hydrogens is 422 g/mol. The zero-order chi connectivity index (χ0) is 20.9. The normalized spacial score (nSPS) is 14.8. The first-order valence-corrected chi connectivity index (χ1v) is 11.2. The lowest BCUT2D eigenvalue weighted by Gasteiger charge is -2.34. The number of anilines is 1. The van der Waals surface area contributed by atoms with Gasteiger partial charge >= 0.3 is 5.97 Å². The second kappa shape index (κ2) is 9.64. The van der Waals surface area contributed by atoms with E-state index in [1.807, 2.05) is 30.3 Å². The first-order valence-electron chi connectivity index (χ1n) is 10.1. The molecule has 0 N–H and O–H groups in total. The number of fused-ring (bicyclic) bond motifs is 1. The number of ether oxygens (including phenoxy) is 2. The number of aromatic nitrogens is 1. The van der Waals surface area contributed by atoms with Crippen molar-refractivity contribution in [2.45, 2.75) is 6.92 Å². The van der Waals surface area contributed by atoms with Gasteiger partial charge in [-0.1, -0.05) is 29.0 Å². The molecule has 3 aromatic rings. The van der Waals surface area contributed by atoms with E-state index in [-0.39, 0.29) is 5.97 Å². The molecule has 1 aromatic heterocycles. The Balaban J connectivity index is 1.25. The van der Waals surface area contributed by atoms with Crippen molar-refractivity contribution in [3.05, 3.63) is 53.1 Å². The van der Waals surface area contributed by atoms with Gasteiger partial charge in [0.2, 0.25) is 0 Å². The van der Waals surface area contributed by atoms with Gasteiger partial charge in [-0.2, -0.15) is 0 Å². The maximum atomic E-state index is 11.8. The monoisotopic (exact) mass is 445 g/mol. The molecule has 0 saturated carbocycles. The molecule has 0 atom stereocenters. The van der Waals surface area contributed by atoms with Crippen LogP contribution in [0.25, 0.3) is 10.2 Å². The fourth-order valence-corrected chi connectivity index (χ4v) is 4.70. The van der Waals surface area contributed by atoms with Gasteiger partial charge in [0, 0.05) is 37.7 Å². The number of halogens is 1. The standard InChI is InChI=1S/C22H24ClN3O3S/c1-2-28-21(27)16-4-3-5-18(14-16)29-13-12-25-8-10-26(11-9-25)22-24-19-7-6-17(23)15-20(19)30-22/h3-7,14-15H,2,8-13H2,1H3. The number of hydrogen-bond acceptors (Lipinski definition) is 7. The van der Waals surface area contributed by atoms with Crippen molar-refractivity contribution in [2.24, 2.45) is 0 Å². The molecule has 2 aromatic carbocycles. The van der Waals surface area contributed by atoms with E-state index in [9.17, 15) is 4.79 Å². The summed E-state index contributed by atoms with van der Waals surface area (Å²) in [6.07, 6.45) is 0. The van der Waals surface area contributed by atoms with Crippen LogP contribution in [-0.2, 0) is 4.74 Å². The van der Waals surface area contributed by atoms with E-state index in [4.69, 9.17) is 26.1 Å². The minimum absolute atomic E-state index is 0.323. The summed E-state index contributed by atoms with van der Waals surface area (Å²) < 4.78 is 12.0. The third-order valence-corrected chi connectivity index (χ3v) is 6.32. The van der Waals surface area contributed by atoms with E-state index in [2.05, 4.69) is 9.80 Å². The molecule has 8 heteroatoms. The smallest absolute Gasteiger partial charge is 0.338 e. The zero-order valence-electron chi connectivity index (χ0n) is 16.8. The molecule has 0 bridgehead atoms. The molecule has 0 aliphatic carbocycles. The number of benzene rings is 2. The lowest BCUT2D eigenvalue weighted by molar-refractivity contribution is 0.0526. The SMILES string of the molecule is CCOC(=O)c1cccc(OCCN2CCN(c3nc4ccc(Cl)cc4s3)CC2)c1. The molecule has 0 radical (unpaired) electrons. The Bertz CT molecular complexity index is 1020. The predicted molar refractivity (Wildman–Crippen MR) is 121 cm³/mol. The van der Waals surface area contributed by atoms with Crippen molar-refractivity contribution in [2.75, 3.05) is 50.8 Å². The maximum absolute atomic E-state index is 11.8. The summed E-state index contributed by atoms with van der Waals surface area (Å²) in [6, 6.07) is 13.0. The minimum atomic E-state index is -0.323. The Morgan fingerprint density at radius 3 is 2.80 bits per heavy atom. The van der Waals surface area contributed by atoms with Crippen molar-refractivity contribution < 1.29 is 14.3 Å². The van der Waals surface area contributed by atoms with Gasteiger partial charge in [-0.25, -0.2) is 9.78 Å². The molecule has 0 unspecified atom stereocenters. The molecule has 0 spiro atoms. The Morgan fingerprint density at radius 2 is 2.00 bits per heavy atom. The number of rotatable bonds is 7. The van der Waals surface area contributed by atoms with Crippen molar-refractivity contribution in [3.8, 4) is 5.75 Å². The highest BCUT2D eigenvalue weighted by molar-refractivity contribution is 7.22. The van der Waals surface area contributed by atoms with Crippen molar-refractivity contribution in [1.29, 1.82) is 0 Å². The highest BCUT2D eigenvalue weighted by atomic mass is 35.5.